The SMILES string of the molecule is CN(C#N)C1CCCCC1.c1ccc(Oc2ccc(Oc3ncnc4cc[nH]c34)cc2)cc1. The summed E-state index contributed by atoms with van der Waals surface area (Å²) in [4.78, 5) is 13.2. The fourth-order valence-electron chi connectivity index (χ4n) is 3.79. The molecular weight excluding hydrogens is 414 g/mol. The maximum Gasteiger partial charge on any atom is 0.247 e. The van der Waals surface area contributed by atoms with E-state index in [1.54, 1.807) is 4.90 Å². The third kappa shape index (κ3) is 6.01. The van der Waals surface area contributed by atoms with Gasteiger partial charge >= 0.3 is 0 Å². The van der Waals surface area contributed by atoms with Crippen LogP contribution < -0.4 is 9.47 Å². The summed E-state index contributed by atoms with van der Waals surface area (Å²) >= 11 is 0. The first-order chi connectivity index (χ1) is 16.2. The molecule has 1 fully saturated rings. The van der Waals surface area contributed by atoms with Gasteiger partial charge in [-0.15, -0.1) is 0 Å². The fourth-order valence-corrected chi connectivity index (χ4v) is 3.79. The van der Waals surface area contributed by atoms with E-state index < -0.39 is 0 Å². The van der Waals surface area contributed by atoms with Crippen molar-refractivity contribution in [2.75, 3.05) is 7.05 Å². The van der Waals surface area contributed by atoms with Gasteiger partial charge in [-0.05, 0) is 55.3 Å². The molecular formula is C26H27N5O2. The normalized spacial score (nSPS) is 13.5. The molecule has 168 valence electrons. The number of benzene rings is 2. The van der Waals surface area contributed by atoms with Crippen molar-refractivity contribution in [3.63, 3.8) is 0 Å². The molecule has 0 radical (unpaired) electrons. The molecule has 0 amide bonds. The molecule has 1 aliphatic rings. The number of rotatable bonds is 5. The smallest absolute Gasteiger partial charge is 0.247 e. The third-order valence-electron chi connectivity index (χ3n) is 5.61. The Labute approximate surface area is 193 Å². The standard InChI is InChI=1S/C18H13N3O2.C8H14N2/c1-2-4-13(5-3-1)22-14-6-8-15(9-7-14)23-18-17-16(10-11-19-17)20-12-21-18;1-10(7-9)8-5-3-2-4-6-8/h1-12,19H;8H,2-6H2,1H3. The number of hydrogen-bond acceptors (Lipinski definition) is 6. The monoisotopic (exact) mass is 441 g/mol. The minimum atomic E-state index is 0.497. The highest BCUT2D eigenvalue weighted by Crippen LogP contribution is 2.28. The van der Waals surface area contributed by atoms with E-state index in [1.807, 2.05) is 73.9 Å². The Morgan fingerprint density at radius 3 is 2.24 bits per heavy atom. The number of nitriles is 1. The van der Waals surface area contributed by atoms with Gasteiger partial charge in [0.15, 0.2) is 6.19 Å². The number of ether oxygens (including phenoxy) is 2. The Hall–Kier alpha value is -4.05. The minimum absolute atomic E-state index is 0.497. The van der Waals surface area contributed by atoms with Crippen LogP contribution in [0.3, 0.4) is 0 Å². The van der Waals surface area contributed by atoms with Crippen molar-refractivity contribution in [2.24, 2.45) is 0 Å². The lowest BCUT2D eigenvalue weighted by Gasteiger charge is -2.26. The van der Waals surface area contributed by atoms with Crippen LogP contribution in [0.5, 0.6) is 23.1 Å². The summed E-state index contributed by atoms with van der Waals surface area (Å²) in [6.45, 7) is 0. The summed E-state index contributed by atoms with van der Waals surface area (Å²) in [6.07, 6.45) is 11.8. The van der Waals surface area contributed by atoms with Gasteiger partial charge in [0.25, 0.3) is 0 Å². The zero-order valence-corrected chi connectivity index (χ0v) is 18.6. The van der Waals surface area contributed by atoms with Crippen LogP contribution in [0.4, 0.5) is 0 Å². The predicted molar refractivity (Wildman–Crippen MR) is 127 cm³/mol. The highest BCUT2D eigenvalue weighted by molar-refractivity contribution is 5.79. The highest BCUT2D eigenvalue weighted by atomic mass is 16.5. The lowest BCUT2D eigenvalue weighted by atomic mass is 9.95. The van der Waals surface area contributed by atoms with E-state index in [1.165, 1.54) is 38.4 Å². The van der Waals surface area contributed by atoms with E-state index in [-0.39, 0.29) is 0 Å². The summed E-state index contributed by atoms with van der Waals surface area (Å²) in [7, 11) is 1.88. The van der Waals surface area contributed by atoms with Crippen LogP contribution in [0.15, 0.2) is 73.2 Å². The van der Waals surface area contributed by atoms with E-state index in [2.05, 4.69) is 21.1 Å². The van der Waals surface area contributed by atoms with Crippen molar-refractivity contribution in [1.29, 1.82) is 5.26 Å². The molecule has 0 bridgehead atoms. The Morgan fingerprint density at radius 2 is 1.55 bits per heavy atom. The third-order valence-corrected chi connectivity index (χ3v) is 5.61. The molecule has 7 heteroatoms. The van der Waals surface area contributed by atoms with Gasteiger partial charge in [-0.1, -0.05) is 37.5 Å². The second-order valence-corrected chi connectivity index (χ2v) is 7.91. The first kappa shape index (κ1) is 22.2. The van der Waals surface area contributed by atoms with Crippen LogP contribution in [0.2, 0.25) is 0 Å². The fraction of sp³-hybridized carbons (Fsp3) is 0.269. The van der Waals surface area contributed by atoms with Gasteiger partial charge in [-0.25, -0.2) is 4.98 Å². The molecule has 2 heterocycles. The second kappa shape index (κ2) is 11.0. The van der Waals surface area contributed by atoms with Crippen molar-refractivity contribution in [3.8, 4) is 29.3 Å². The van der Waals surface area contributed by atoms with Crippen molar-refractivity contribution in [3.05, 3.63) is 73.2 Å². The quantitative estimate of drug-likeness (QED) is 0.290. The number of aromatic amines is 1. The summed E-state index contributed by atoms with van der Waals surface area (Å²) in [5.41, 5.74) is 1.59. The molecule has 33 heavy (non-hydrogen) atoms. The van der Waals surface area contributed by atoms with E-state index in [0.29, 0.717) is 17.7 Å². The molecule has 4 aromatic rings. The number of fused-ring (bicyclic) bond motifs is 1. The number of nitrogens with zero attached hydrogens (tertiary/aromatic N) is 4. The zero-order valence-electron chi connectivity index (χ0n) is 18.6. The van der Waals surface area contributed by atoms with Crippen molar-refractivity contribution in [1.82, 2.24) is 19.9 Å². The molecule has 1 N–H and O–H groups in total. The number of para-hydroxylation sites is 1. The van der Waals surface area contributed by atoms with E-state index in [4.69, 9.17) is 14.7 Å². The number of nitrogens with one attached hydrogen (secondary N) is 1. The molecule has 0 saturated heterocycles. The van der Waals surface area contributed by atoms with Crippen LogP contribution in [-0.2, 0) is 0 Å². The number of H-pyrrole nitrogens is 1. The van der Waals surface area contributed by atoms with Crippen molar-refractivity contribution < 1.29 is 9.47 Å². The van der Waals surface area contributed by atoms with Gasteiger partial charge in [0.05, 0.1) is 5.52 Å². The van der Waals surface area contributed by atoms with E-state index in [9.17, 15) is 0 Å². The summed E-state index contributed by atoms with van der Waals surface area (Å²) in [6, 6.07) is 19.5. The molecule has 2 aromatic heterocycles. The van der Waals surface area contributed by atoms with Crippen LogP contribution in [0.1, 0.15) is 32.1 Å². The molecule has 0 unspecified atom stereocenters. The molecule has 1 aliphatic carbocycles. The Bertz CT molecular complexity index is 1180. The largest absolute Gasteiger partial charge is 0.457 e. The first-order valence-corrected chi connectivity index (χ1v) is 11.1. The second-order valence-electron chi connectivity index (χ2n) is 7.91. The van der Waals surface area contributed by atoms with Crippen LogP contribution in [0.25, 0.3) is 11.0 Å². The molecule has 0 spiro atoms. The van der Waals surface area contributed by atoms with Crippen molar-refractivity contribution >= 4 is 11.0 Å². The molecule has 7 nitrogen and oxygen atoms in total. The maximum absolute atomic E-state index is 8.56. The minimum Gasteiger partial charge on any atom is -0.457 e. The number of hydrogen-bond donors (Lipinski definition) is 1. The summed E-state index contributed by atoms with van der Waals surface area (Å²) in [5, 5.41) is 8.56. The predicted octanol–water partition coefficient (Wildman–Crippen LogP) is 6.27. The Morgan fingerprint density at radius 1 is 0.879 bits per heavy atom. The van der Waals surface area contributed by atoms with Crippen LogP contribution >= 0.6 is 0 Å². The van der Waals surface area contributed by atoms with Crippen molar-refractivity contribution in [2.45, 2.75) is 38.1 Å². The molecule has 0 atom stereocenters. The van der Waals surface area contributed by atoms with E-state index >= 15 is 0 Å². The zero-order chi connectivity index (χ0) is 22.9. The lowest BCUT2D eigenvalue weighted by Crippen LogP contribution is -2.29. The maximum atomic E-state index is 8.56. The summed E-state index contributed by atoms with van der Waals surface area (Å²) < 4.78 is 11.6. The average molecular weight is 442 g/mol. The first-order valence-electron chi connectivity index (χ1n) is 11.1. The van der Waals surface area contributed by atoms with Gasteiger partial charge in [-0.2, -0.15) is 10.2 Å². The van der Waals surface area contributed by atoms with Gasteiger partial charge < -0.3 is 19.4 Å². The highest BCUT2D eigenvalue weighted by Gasteiger charge is 2.16. The average Bonchev–Trinajstić information content (AvgIpc) is 3.36. The lowest BCUT2D eigenvalue weighted by molar-refractivity contribution is 0.263. The molecule has 2 aromatic carbocycles. The van der Waals surface area contributed by atoms with E-state index in [0.717, 1.165) is 22.5 Å². The van der Waals surface area contributed by atoms with Crippen LogP contribution in [0, 0.1) is 11.5 Å². The van der Waals surface area contributed by atoms with Gasteiger partial charge in [0.1, 0.15) is 29.1 Å². The van der Waals surface area contributed by atoms with Gasteiger partial charge in [-0.3, -0.25) is 0 Å². The summed E-state index contributed by atoms with van der Waals surface area (Å²) in [5.74, 6) is 2.72. The molecule has 5 rings (SSSR count). The van der Waals surface area contributed by atoms with Crippen LogP contribution in [-0.4, -0.2) is 32.9 Å². The topological polar surface area (TPSA) is 87.1 Å². The Balaban J connectivity index is 0.000000219. The number of aromatic nitrogens is 3. The van der Waals surface area contributed by atoms with Gasteiger partial charge in [0, 0.05) is 19.3 Å². The Kier molecular flexibility index (Phi) is 7.39. The molecule has 1 saturated carbocycles. The molecule has 0 aliphatic heterocycles. The van der Waals surface area contributed by atoms with Gasteiger partial charge in [0.2, 0.25) is 5.88 Å².